The molecule has 0 saturated heterocycles. The molecule has 0 heterocycles. The lowest BCUT2D eigenvalue weighted by molar-refractivity contribution is -0.0336. The predicted octanol–water partition coefficient (Wildman–Crippen LogP) is 3.39. The van der Waals surface area contributed by atoms with E-state index in [2.05, 4.69) is 44.4 Å². The minimum atomic E-state index is 0.0341. The molecule has 2 heteroatoms. The van der Waals surface area contributed by atoms with Crippen LogP contribution in [0.25, 0.3) is 0 Å². The molecule has 0 spiro atoms. The summed E-state index contributed by atoms with van der Waals surface area (Å²) in [6.45, 7) is 4.35. The minimum Gasteiger partial charge on any atom is -0.377 e. The molecule has 2 rings (SSSR count). The average Bonchev–Trinajstić information content (AvgIpc) is 2.84. The topological polar surface area (TPSA) is 21.3 Å². The molecule has 1 aromatic rings. The van der Waals surface area contributed by atoms with Gasteiger partial charge in [-0.05, 0) is 45.7 Å². The molecule has 106 valence electrons. The fourth-order valence-electron chi connectivity index (χ4n) is 3.64. The minimum absolute atomic E-state index is 0.0341. The van der Waals surface area contributed by atoms with Gasteiger partial charge in [0.15, 0.2) is 0 Å². The first kappa shape index (κ1) is 14.5. The first-order valence-corrected chi connectivity index (χ1v) is 7.39. The summed E-state index contributed by atoms with van der Waals surface area (Å²) < 4.78 is 5.92. The first-order valence-electron chi connectivity index (χ1n) is 7.39. The van der Waals surface area contributed by atoms with E-state index in [1.165, 1.54) is 42.4 Å². The molecule has 0 bridgehead atoms. The quantitative estimate of drug-likeness (QED) is 0.877. The summed E-state index contributed by atoms with van der Waals surface area (Å²) in [7, 11) is 3.93. The number of nitrogens with one attached hydrogen (secondary N) is 1. The van der Waals surface area contributed by atoms with E-state index in [9.17, 15) is 0 Å². The van der Waals surface area contributed by atoms with Crippen LogP contribution in [-0.2, 0) is 11.2 Å². The van der Waals surface area contributed by atoms with E-state index in [4.69, 9.17) is 4.74 Å². The van der Waals surface area contributed by atoms with Crippen molar-refractivity contribution in [2.75, 3.05) is 14.2 Å². The van der Waals surface area contributed by atoms with E-state index in [-0.39, 0.29) is 5.60 Å². The SMILES string of the molecule is CNC(Cc1cc(C)cc(C)c1)C1(OC)CCCC1. The number of hydrogen-bond acceptors (Lipinski definition) is 2. The number of likely N-dealkylation sites (N-methyl/N-ethyl adjacent to an activating group) is 1. The van der Waals surface area contributed by atoms with Gasteiger partial charge in [-0.1, -0.05) is 42.2 Å². The third-order valence-electron chi connectivity index (χ3n) is 4.56. The van der Waals surface area contributed by atoms with Crippen molar-refractivity contribution < 1.29 is 4.74 Å². The van der Waals surface area contributed by atoms with Crippen molar-refractivity contribution in [2.45, 2.75) is 57.6 Å². The molecule has 1 saturated carbocycles. The molecule has 1 aromatic carbocycles. The largest absolute Gasteiger partial charge is 0.377 e. The maximum Gasteiger partial charge on any atom is 0.0834 e. The van der Waals surface area contributed by atoms with Gasteiger partial charge in [0.05, 0.1) is 5.60 Å². The lowest BCUT2D eigenvalue weighted by Gasteiger charge is -2.36. The van der Waals surface area contributed by atoms with E-state index in [0.29, 0.717) is 6.04 Å². The number of methoxy groups -OCH3 is 1. The van der Waals surface area contributed by atoms with Crippen molar-refractivity contribution in [1.29, 1.82) is 0 Å². The van der Waals surface area contributed by atoms with Crippen molar-refractivity contribution in [3.05, 3.63) is 34.9 Å². The van der Waals surface area contributed by atoms with Crippen LogP contribution >= 0.6 is 0 Å². The van der Waals surface area contributed by atoms with Crippen molar-refractivity contribution >= 4 is 0 Å². The van der Waals surface area contributed by atoms with Crippen molar-refractivity contribution in [1.82, 2.24) is 5.32 Å². The van der Waals surface area contributed by atoms with Gasteiger partial charge in [-0.15, -0.1) is 0 Å². The number of ether oxygens (including phenoxy) is 1. The van der Waals surface area contributed by atoms with Crippen LogP contribution in [0.3, 0.4) is 0 Å². The molecule has 19 heavy (non-hydrogen) atoms. The Bertz CT molecular complexity index is 401. The van der Waals surface area contributed by atoms with Crippen LogP contribution < -0.4 is 5.32 Å². The molecule has 1 aliphatic carbocycles. The van der Waals surface area contributed by atoms with Crippen LogP contribution in [0, 0.1) is 13.8 Å². The molecule has 0 aromatic heterocycles. The van der Waals surface area contributed by atoms with Crippen molar-refractivity contribution in [3.8, 4) is 0 Å². The number of aryl methyl sites for hydroxylation is 2. The summed E-state index contributed by atoms with van der Waals surface area (Å²) in [5.41, 5.74) is 4.15. The van der Waals surface area contributed by atoms with E-state index >= 15 is 0 Å². The van der Waals surface area contributed by atoms with E-state index in [1.54, 1.807) is 0 Å². The normalized spacial score (nSPS) is 19.6. The van der Waals surface area contributed by atoms with Gasteiger partial charge in [0.2, 0.25) is 0 Å². The zero-order valence-corrected chi connectivity index (χ0v) is 12.8. The van der Waals surface area contributed by atoms with Crippen LogP contribution in [0.5, 0.6) is 0 Å². The molecule has 0 radical (unpaired) electrons. The van der Waals surface area contributed by atoms with E-state index < -0.39 is 0 Å². The van der Waals surface area contributed by atoms with Gasteiger partial charge in [-0.2, -0.15) is 0 Å². The van der Waals surface area contributed by atoms with Gasteiger partial charge in [-0.3, -0.25) is 0 Å². The van der Waals surface area contributed by atoms with Gasteiger partial charge >= 0.3 is 0 Å². The summed E-state index contributed by atoms with van der Waals surface area (Å²) in [6.07, 6.45) is 5.99. The molecule has 1 atom stereocenters. The molecular weight excluding hydrogens is 234 g/mol. The second-order valence-corrected chi connectivity index (χ2v) is 6.02. The summed E-state index contributed by atoms with van der Waals surface area (Å²) >= 11 is 0. The van der Waals surface area contributed by atoms with Crippen LogP contribution in [0.1, 0.15) is 42.4 Å². The highest BCUT2D eigenvalue weighted by molar-refractivity contribution is 5.29. The number of hydrogen-bond donors (Lipinski definition) is 1. The third kappa shape index (κ3) is 3.18. The Balaban J connectivity index is 2.18. The Morgan fingerprint density at radius 2 is 1.74 bits per heavy atom. The third-order valence-corrected chi connectivity index (χ3v) is 4.56. The zero-order valence-electron chi connectivity index (χ0n) is 12.8. The van der Waals surface area contributed by atoms with Crippen LogP contribution in [0.4, 0.5) is 0 Å². The molecule has 0 aliphatic heterocycles. The second-order valence-electron chi connectivity index (χ2n) is 6.02. The Morgan fingerprint density at radius 3 is 2.21 bits per heavy atom. The standard InChI is InChI=1S/C17H27NO/c1-13-9-14(2)11-15(10-13)12-16(18-3)17(19-4)7-5-6-8-17/h9-11,16,18H,5-8,12H2,1-4H3. The molecule has 1 fully saturated rings. The fraction of sp³-hybridized carbons (Fsp3) is 0.647. The molecule has 1 unspecified atom stereocenters. The summed E-state index contributed by atoms with van der Waals surface area (Å²) in [5.74, 6) is 0. The average molecular weight is 261 g/mol. The van der Waals surface area contributed by atoms with Crippen molar-refractivity contribution in [3.63, 3.8) is 0 Å². The highest BCUT2D eigenvalue weighted by atomic mass is 16.5. The lowest BCUT2D eigenvalue weighted by Crippen LogP contribution is -2.50. The zero-order chi connectivity index (χ0) is 13.9. The molecular formula is C17H27NO. The van der Waals surface area contributed by atoms with Crippen LogP contribution in [-0.4, -0.2) is 25.8 Å². The number of rotatable bonds is 5. The fourth-order valence-corrected chi connectivity index (χ4v) is 3.64. The lowest BCUT2D eigenvalue weighted by atomic mass is 9.87. The van der Waals surface area contributed by atoms with Gasteiger partial charge in [0, 0.05) is 13.2 Å². The molecule has 0 amide bonds. The predicted molar refractivity (Wildman–Crippen MR) is 80.7 cm³/mol. The molecule has 1 N–H and O–H groups in total. The van der Waals surface area contributed by atoms with E-state index in [0.717, 1.165) is 6.42 Å². The second kappa shape index (κ2) is 6.06. The molecule has 2 nitrogen and oxygen atoms in total. The van der Waals surface area contributed by atoms with Crippen LogP contribution in [0.15, 0.2) is 18.2 Å². The monoisotopic (exact) mass is 261 g/mol. The van der Waals surface area contributed by atoms with E-state index in [1.807, 2.05) is 7.11 Å². The number of benzene rings is 1. The van der Waals surface area contributed by atoms with Gasteiger partial charge < -0.3 is 10.1 Å². The molecule has 1 aliphatic rings. The first-order chi connectivity index (χ1) is 9.09. The highest BCUT2D eigenvalue weighted by Gasteiger charge is 2.40. The summed E-state index contributed by atoms with van der Waals surface area (Å²) in [4.78, 5) is 0. The maximum atomic E-state index is 5.92. The maximum absolute atomic E-state index is 5.92. The summed E-state index contributed by atoms with van der Waals surface area (Å²) in [5, 5.41) is 3.50. The smallest absolute Gasteiger partial charge is 0.0834 e. The van der Waals surface area contributed by atoms with Gasteiger partial charge in [-0.25, -0.2) is 0 Å². The Hall–Kier alpha value is -0.860. The van der Waals surface area contributed by atoms with Gasteiger partial charge in [0.1, 0.15) is 0 Å². The Morgan fingerprint density at radius 1 is 1.16 bits per heavy atom. The Kier molecular flexibility index (Phi) is 4.64. The van der Waals surface area contributed by atoms with Gasteiger partial charge in [0.25, 0.3) is 0 Å². The highest BCUT2D eigenvalue weighted by Crippen LogP contribution is 2.36. The summed E-state index contributed by atoms with van der Waals surface area (Å²) in [6, 6.07) is 7.24. The van der Waals surface area contributed by atoms with Crippen molar-refractivity contribution in [2.24, 2.45) is 0 Å². The Labute approximate surface area is 117 Å². The van der Waals surface area contributed by atoms with Crippen LogP contribution in [0.2, 0.25) is 0 Å².